The largest absolute Gasteiger partial charge is 0.491 e. The van der Waals surface area contributed by atoms with Crippen molar-refractivity contribution < 1.29 is 24.2 Å². The SMILES string of the molecule is Cc1ccc(N)cc1OC[C@@H](CC(=O)O)NC(=O)OC(C)(C)C. The maximum atomic E-state index is 11.8. The van der Waals surface area contributed by atoms with Gasteiger partial charge in [-0.1, -0.05) is 6.07 Å². The number of carbonyl (C=O) groups excluding carboxylic acids is 1. The summed E-state index contributed by atoms with van der Waals surface area (Å²) in [6.45, 7) is 7.03. The standard InChI is InChI=1S/C16H24N2O5/c1-10-5-6-11(17)7-13(10)22-9-12(8-14(19)20)18-15(21)23-16(2,3)4/h5-7,12H,8-9,17H2,1-4H3,(H,18,21)(H,19,20)/t12-/m1/s1. The molecule has 0 fully saturated rings. The molecule has 23 heavy (non-hydrogen) atoms. The number of nitrogen functional groups attached to an aromatic ring is 1. The van der Waals surface area contributed by atoms with Gasteiger partial charge in [-0.2, -0.15) is 0 Å². The lowest BCUT2D eigenvalue weighted by molar-refractivity contribution is -0.137. The minimum Gasteiger partial charge on any atom is -0.491 e. The van der Waals surface area contributed by atoms with Gasteiger partial charge in [0.15, 0.2) is 0 Å². The highest BCUT2D eigenvalue weighted by molar-refractivity contribution is 5.71. The van der Waals surface area contributed by atoms with Crippen molar-refractivity contribution in [3.63, 3.8) is 0 Å². The van der Waals surface area contributed by atoms with Crippen molar-refractivity contribution in [2.45, 2.75) is 45.8 Å². The zero-order valence-corrected chi connectivity index (χ0v) is 13.9. The van der Waals surface area contributed by atoms with Gasteiger partial charge in [-0.15, -0.1) is 0 Å². The summed E-state index contributed by atoms with van der Waals surface area (Å²) >= 11 is 0. The van der Waals surface area contributed by atoms with E-state index < -0.39 is 23.7 Å². The third-order valence-corrected chi connectivity index (χ3v) is 2.79. The van der Waals surface area contributed by atoms with Gasteiger partial charge < -0.3 is 25.6 Å². The monoisotopic (exact) mass is 324 g/mol. The maximum absolute atomic E-state index is 11.8. The van der Waals surface area contributed by atoms with Gasteiger partial charge in [0.1, 0.15) is 18.0 Å². The summed E-state index contributed by atoms with van der Waals surface area (Å²) < 4.78 is 10.7. The average molecular weight is 324 g/mol. The number of rotatable bonds is 6. The molecule has 1 aromatic carbocycles. The molecular weight excluding hydrogens is 300 g/mol. The number of aliphatic carboxylic acids is 1. The predicted octanol–water partition coefficient (Wildman–Crippen LogP) is 2.32. The van der Waals surface area contributed by atoms with Crippen LogP contribution in [0.1, 0.15) is 32.8 Å². The Labute approximate surface area is 135 Å². The Hall–Kier alpha value is -2.44. The molecule has 0 saturated carbocycles. The fourth-order valence-corrected chi connectivity index (χ4v) is 1.80. The van der Waals surface area contributed by atoms with E-state index in [1.165, 1.54) is 0 Å². The first-order valence-corrected chi connectivity index (χ1v) is 7.27. The van der Waals surface area contributed by atoms with Crippen LogP contribution in [0.5, 0.6) is 5.75 Å². The summed E-state index contributed by atoms with van der Waals surface area (Å²) in [6, 6.07) is 4.48. The van der Waals surface area contributed by atoms with E-state index in [0.29, 0.717) is 11.4 Å². The van der Waals surface area contributed by atoms with Gasteiger partial charge in [-0.05, 0) is 39.3 Å². The molecule has 0 aliphatic rings. The van der Waals surface area contributed by atoms with E-state index in [4.69, 9.17) is 20.3 Å². The number of benzene rings is 1. The van der Waals surface area contributed by atoms with Gasteiger partial charge in [-0.3, -0.25) is 4.79 Å². The number of anilines is 1. The highest BCUT2D eigenvalue weighted by Gasteiger charge is 2.22. The van der Waals surface area contributed by atoms with Crippen LogP contribution in [0.15, 0.2) is 18.2 Å². The Balaban J connectivity index is 2.69. The molecule has 1 rings (SSSR count). The van der Waals surface area contributed by atoms with Crippen LogP contribution < -0.4 is 15.8 Å². The molecule has 0 bridgehead atoms. The first-order valence-electron chi connectivity index (χ1n) is 7.27. The zero-order valence-electron chi connectivity index (χ0n) is 13.9. The molecule has 7 heteroatoms. The van der Waals surface area contributed by atoms with Gasteiger partial charge in [0.25, 0.3) is 0 Å². The van der Waals surface area contributed by atoms with Crippen LogP contribution in [-0.4, -0.2) is 35.4 Å². The van der Waals surface area contributed by atoms with Gasteiger partial charge in [0, 0.05) is 11.8 Å². The van der Waals surface area contributed by atoms with Crippen LogP contribution in [0, 0.1) is 6.92 Å². The Bertz CT molecular complexity index is 566. The number of nitrogens with one attached hydrogen (secondary N) is 1. The van der Waals surface area contributed by atoms with E-state index in [1.807, 2.05) is 6.92 Å². The normalized spacial score (nSPS) is 12.3. The lowest BCUT2D eigenvalue weighted by Gasteiger charge is -2.23. The topological polar surface area (TPSA) is 111 Å². The molecule has 1 amide bonds. The lowest BCUT2D eigenvalue weighted by Crippen LogP contribution is -2.43. The van der Waals surface area contributed by atoms with E-state index in [9.17, 15) is 9.59 Å². The predicted molar refractivity (Wildman–Crippen MR) is 86.5 cm³/mol. The van der Waals surface area contributed by atoms with Crippen LogP contribution >= 0.6 is 0 Å². The second-order valence-corrected chi connectivity index (χ2v) is 6.28. The van der Waals surface area contributed by atoms with Crippen LogP contribution in [0.25, 0.3) is 0 Å². The summed E-state index contributed by atoms with van der Waals surface area (Å²) in [5, 5.41) is 11.5. The molecular formula is C16H24N2O5. The van der Waals surface area contributed by atoms with Crippen LogP contribution in [-0.2, 0) is 9.53 Å². The minimum absolute atomic E-state index is 0.00413. The van der Waals surface area contributed by atoms with Crippen molar-refractivity contribution in [1.82, 2.24) is 5.32 Å². The van der Waals surface area contributed by atoms with Crippen molar-refractivity contribution >= 4 is 17.7 Å². The molecule has 0 spiro atoms. The molecule has 7 nitrogen and oxygen atoms in total. The Kier molecular flexibility index (Phi) is 6.24. The highest BCUT2D eigenvalue weighted by atomic mass is 16.6. The van der Waals surface area contributed by atoms with E-state index in [2.05, 4.69) is 5.32 Å². The Morgan fingerprint density at radius 2 is 2.00 bits per heavy atom. The average Bonchev–Trinajstić information content (AvgIpc) is 2.36. The first kappa shape index (κ1) is 18.6. The van der Waals surface area contributed by atoms with Crippen LogP contribution in [0.3, 0.4) is 0 Å². The molecule has 0 unspecified atom stereocenters. The van der Waals surface area contributed by atoms with E-state index >= 15 is 0 Å². The first-order chi connectivity index (χ1) is 10.6. The van der Waals surface area contributed by atoms with Gasteiger partial charge >= 0.3 is 12.1 Å². The molecule has 0 aliphatic carbocycles. The number of carboxylic acid groups (broad SMARTS) is 1. The molecule has 0 radical (unpaired) electrons. The number of aryl methyl sites for hydroxylation is 1. The summed E-state index contributed by atoms with van der Waals surface area (Å²) in [7, 11) is 0. The molecule has 1 atom stereocenters. The van der Waals surface area contributed by atoms with Gasteiger partial charge in [0.05, 0.1) is 12.5 Å². The van der Waals surface area contributed by atoms with Crippen molar-refractivity contribution in [3.05, 3.63) is 23.8 Å². The van der Waals surface area contributed by atoms with Crippen molar-refractivity contribution in [2.75, 3.05) is 12.3 Å². The second-order valence-electron chi connectivity index (χ2n) is 6.28. The highest BCUT2D eigenvalue weighted by Crippen LogP contribution is 2.21. The number of ether oxygens (including phenoxy) is 2. The van der Waals surface area contributed by atoms with Crippen molar-refractivity contribution in [2.24, 2.45) is 0 Å². The quantitative estimate of drug-likeness (QED) is 0.693. The van der Waals surface area contributed by atoms with Crippen molar-refractivity contribution in [3.8, 4) is 5.75 Å². The number of carbonyl (C=O) groups is 2. The molecule has 0 aliphatic heterocycles. The molecule has 128 valence electrons. The molecule has 4 N–H and O–H groups in total. The summed E-state index contributed by atoms with van der Waals surface area (Å²) in [4.78, 5) is 22.7. The third kappa shape index (κ3) is 7.39. The van der Waals surface area contributed by atoms with E-state index in [-0.39, 0.29) is 13.0 Å². The fourth-order valence-electron chi connectivity index (χ4n) is 1.80. The summed E-state index contributed by atoms with van der Waals surface area (Å²) in [6.07, 6.45) is -0.961. The molecule has 1 aromatic rings. The van der Waals surface area contributed by atoms with Gasteiger partial charge in [0.2, 0.25) is 0 Å². The maximum Gasteiger partial charge on any atom is 0.408 e. The lowest BCUT2D eigenvalue weighted by atomic mass is 10.2. The van der Waals surface area contributed by atoms with E-state index in [1.54, 1.807) is 39.0 Å². The molecule has 0 heterocycles. The fraction of sp³-hybridized carbons (Fsp3) is 0.500. The molecule has 0 aromatic heterocycles. The van der Waals surface area contributed by atoms with Crippen molar-refractivity contribution in [1.29, 1.82) is 0 Å². The summed E-state index contributed by atoms with van der Waals surface area (Å²) in [5.74, 6) is -0.495. The number of hydrogen-bond donors (Lipinski definition) is 3. The number of nitrogens with two attached hydrogens (primary N) is 1. The third-order valence-electron chi connectivity index (χ3n) is 2.79. The number of alkyl carbamates (subject to hydrolysis) is 1. The van der Waals surface area contributed by atoms with Crippen LogP contribution in [0.2, 0.25) is 0 Å². The Morgan fingerprint density at radius 3 is 2.57 bits per heavy atom. The zero-order chi connectivity index (χ0) is 17.6. The number of amides is 1. The van der Waals surface area contributed by atoms with Gasteiger partial charge in [-0.25, -0.2) is 4.79 Å². The number of carboxylic acids is 1. The van der Waals surface area contributed by atoms with Crippen LogP contribution in [0.4, 0.5) is 10.5 Å². The summed E-state index contributed by atoms with van der Waals surface area (Å²) in [5.41, 5.74) is 6.45. The number of hydrogen-bond acceptors (Lipinski definition) is 5. The Morgan fingerprint density at radius 1 is 1.35 bits per heavy atom. The molecule has 0 saturated heterocycles. The smallest absolute Gasteiger partial charge is 0.408 e. The van der Waals surface area contributed by atoms with E-state index in [0.717, 1.165) is 5.56 Å². The second kappa shape index (κ2) is 7.71. The minimum atomic E-state index is -1.04.